The molecule has 1 fully saturated rings. The lowest BCUT2D eigenvalue weighted by Crippen LogP contribution is -2.50. The first-order valence-electron chi connectivity index (χ1n) is 5.48. The summed E-state index contributed by atoms with van der Waals surface area (Å²) in [6, 6.07) is 10.2. The minimum absolute atomic E-state index is 0.0443. The molecule has 1 heterocycles. The fourth-order valence-electron chi connectivity index (χ4n) is 1.99. The van der Waals surface area contributed by atoms with E-state index in [0.717, 1.165) is 26.2 Å². The van der Waals surface area contributed by atoms with Gasteiger partial charge in [-0.15, -0.1) is 0 Å². The summed E-state index contributed by atoms with van der Waals surface area (Å²) in [5, 5.41) is 10.5. The van der Waals surface area contributed by atoms with Crippen molar-refractivity contribution in [3.63, 3.8) is 0 Å². The number of anilines is 1. The fourth-order valence-corrected chi connectivity index (χ4v) is 1.99. The summed E-state index contributed by atoms with van der Waals surface area (Å²) >= 11 is 0. The van der Waals surface area contributed by atoms with Gasteiger partial charge < -0.3 is 14.8 Å². The molecule has 0 aliphatic carbocycles. The predicted molar refractivity (Wildman–Crippen MR) is 60.1 cm³/mol. The molecule has 0 spiro atoms. The Morgan fingerprint density at radius 2 is 1.75 bits per heavy atom. The van der Waals surface area contributed by atoms with Crippen molar-refractivity contribution in [1.29, 1.82) is 0 Å². The molecule has 2 rings (SSSR count). The molecule has 4 heteroatoms. The molecule has 4 nitrogen and oxygen atoms in total. The smallest absolute Gasteiger partial charge is 0.0555 e. The highest BCUT2D eigenvalue weighted by Gasteiger charge is 2.16. The van der Waals surface area contributed by atoms with E-state index in [4.69, 9.17) is 0 Å². The second kappa shape index (κ2) is 4.99. The zero-order chi connectivity index (χ0) is 11.4. The van der Waals surface area contributed by atoms with Crippen molar-refractivity contribution in [3.8, 4) is 0 Å². The number of carboxylic acid groups (broad SMARTS) is 1. The normalized spacial score (nSPS) is 17.4. The molecule has 1 aromatic rings. The van der Waals surface area contributed by atoms with Gasteiger partial charge >= 0.3 is 0 Å². The van der Waals surface area contributed by atoms with Crippen molar-refractivity contribution in [2.75, 3.05) is 37.6 Å². The van der Waals surface area contributed by atoms with Crippen LogP contribution in [0.25, 0.3) is 0 Å². The van der Waals surface area contributed by atoms with E-state index in [9.17, 15) is 9.90 Å². The Bertz CT molecular complexity index is 345. The summed E-state index contributed by atoms with van der Waals surface area (Å²) in [6.07, 6.45) is 0. The summed E-state index contributed by atoms with van der Waals surface area (Å²) in [7, 11) is 0. The molecule has 1 aliphatic rings. The van der Waals surface area contributed by atoms with Gasteiger partial charge in [0.1, 0.15) is 0 Å². The highest BCUT2D eigenvalue weighted by Crippen LogP contribution is 2.15. The minimum atomic E-state index is -0.992. The van der Waals surface area contributed by atoms with Gasteiger partial charge in [0, 0.05) is 38.4 Å². The molecule has 16 heavy (non-hydrogen) atoms. The summed E-state index contributed by atoms with van der Waals surface area (Å²) in [4.78, 5) is 14.6. The maximum absolute atomic E-state index is 10.5. The van der Waals surface area contributed by atoms with Gasteiger partial charge in [0.25, 0.3) is 0 Å². The van der Waals surface area contributed by atoms with Crippen molar-refractivity contribution < 1.29 is 9.90 Å². The number of aliphatic carboxylic acids is 1. The Hall–Kier alpha value is -1.55. The standard InChI is InChI=1S/C12H16N2O2/c15-12(16)10-13-6-8-14(9-7-13)11-4-2-1-3-5-11/h1-5H,6-10H2,(H,15,16)/p-1. The SMILES string of the molecule is O=C([O-])CN1CCN(c2ccccc2)CC1. The van der Waals surface area contributed by atoms with E-state index in [1.807, 2.05) is 23.1 Å². The second-order valence-electron chi connectivity index (χ2n) is 3.97. The van der Waals surface area contributed by atoms with Crippen LogP contribution in [-0.2, 0) is 4.79 Å². The van der Waals surface area contributed by atoms with Crippen LogP contribution in [0.15, 0.2) is 30.3 Å². The Morgan fingerprint density at radius 3 is 2.31 bits per heavy atom. The maximum Gasteiger partial charge on any atom is 0.0555 e. The number of carbonyl (C=O) groups excluding carboxylic acids is 1. The Morgan fingerprint density at radius 1 is 1.12 bits per heavy atom. The molecule has 1 saturated heterocycles. The Balaban J connectivity index is 1.88. The van der Waals surface area contributed by atoms with E-state index < -0.39 is 5.97 Å². The Labute approximate surface area is 95.1 Å². The van der Waals surface area contributed by atoms with Crippen molar-refractivity contribution in [2.45, 2.75) is 0 Å². The molecule has 0 atom stereocenters. The molecule has 0 radical (unpaired) electrons. The first-order chi connectivity index (χ1) is 7.75. The van der Waals surface area contributed by atoms with Crippen LogP contribution in [0.5, 0.6) is 0 Å². The summed E-state index contributed by atoms with van der Waals surface area (Å²) in [6.45, 7) is 3.35. The molecule has 0 amide bonds. The number of hydrogen-bond donors (Lipinski definition) is 0. The zero-order valence-electron chi connectivity index (χ0n) is 9.13. The molecule has 0 aromatic heterocycles. The lowest BCUT2D eigenvalue weighted by molar-refractivity contribution is -0.306. The molecule has 0 N–H and O–H groups in total. The topological polar surface area (TPSA) is 46.6 Å². The average Bonchev–Trinajstić information content (AvgIpc) is 2.30. The lowest BCUT2D eigenvalue weighted by atomic mass is 10.2. The van der Waals surface area contributed by atoms with Crippen LogP contribution in [0.2, 0.25) is 0 Å². The molecular weight excluding hydrogens is 204 g/mol. The second-order valence-corrected chi connectivity index (χ2v) is 3.97. The zero-order valence-corrected chi connectivity index (χ0v) is 9.13. The highest BCUT2D eigenvalue weighted by molar-refractivity contribution is 5.66. The van der Waals surface area contributed by atoms with Crippen molar-refractivity contribution >= 4 is 11.7 Å². The van der Waals surface area contributed by atoms with Gasteiger partial charge in [0.05, 0.1) is 5.97 Å². The van der Waals surface area contributed by atoms with Crippen LogP contribution in [0, 0.1) is 0 Å². The number of carboxylic acids is 1. The van der Waals surface area contributed by atoms with E-state index in [-0.39, 0.29) is 6.54 Å². The van der Waals surface area contributed by atoms with Crippen LogP contribution in [0.3, 0.4) is 0 Å². The summed E-state index contributed by atoms with van der Waals surface area (Å²) in [5.74, 6) is -0.992. The molecule has 0 bridgehead atoms. The molecule has 1 aliphatic heterocycles. The van der Waals surface area contributed by atoms with E-state index in [1.165, 1.54) is 5.69 Å². The first kappa shape index (κ1) is 11.0. The number of rotatable bonds is 3. The van der Waals surface area contributed by atoms with Crippen molar-refractivity contribution in [3.05, 3.63) is 30.3 Å². The number of piperazine rings is 1. The largest absolute Gasteiger partial charge is 0.549 e. The molecular formula is C12H15N2O2-. The number of benzene rings is 1. The van der Waals surface area contributed by atoms with Crippen LogP contribution >= 0.6 is 0 Å². The highest BCUT2D eigenvalue weighted by atomic mass is 16.4. The quantitative estimate of drug-likeness (QED) is 0.691. The van der Waals surface area contributed by atoms with Crippen LogP contribution in [-0.4, -0.2) is 43.6 Å². The van der Waals surface area contributed by atoms with Crippen molar-refractivity contribution in [2.24, 2.45) is 0 Å². The number of para-hydroxylation sites is 1. The fraction of sp³-hybridized carbons (Fsp3) is 0.417. The lowest BCUT2D eigenvalue weighted by Gasteiger charge is -2.36. The summed E-state index contributed by atoms with van der Waals surface area (Å²) < 4.78 is 0. The van der Waals surface area contributed by atoms with E-state index in [2.05, 4.69) is 17.0 Å². The molecule has 86 valence electrons. The van der Waals surface area contributed by atoms with E-state index in [0.29, 0.717) is 0 Å². The van der Waals surface area contributed by atoms with Crippen LogP contribution in [0.1, 0.15) is 0 Å². The van der Waals surface area contributed by atoms with Gasteiger partial charge in [-0.2, -0.15) is 0 Å². The van der Waals surface area contributed by atoms with Gasteiger partial charge in [-0.3, -0.25) is 4.90 Å². The number of carbonyl (C=O) groups is 1. The first-order valence-corrected chi connectivity index (χ1v) is 5.48. The molecule has 1 aromatic carbocycles. The van der Waals surface area contributed by atoms with Gasteiger partial charge in [0.2, 0.25) is 0 Å². The minimum Gasteiger partial charge on any atom is -0.549 e. The van der Waals surface area contributed by atoms with Gasteiger partial charge in [0.15, 0.2) is 0 Å². The van der Waals surface area contributed by atoms with Crippen LogP contribution < -0.4 is 10.0 Å². The molecule has 0 saturated carbocycles. The van der Waals surface area contributed by atoms with E-state index in [1.54, 1.807) is 0 Å². The third-order valence-electron chi connectivity index (χ3n) is 2.85. The third-order valence-corrected chi connectivity index (χ3v) is 2.85. The van der Waals surface area contributed by atoms with Crippen molar-refractivity contribution in [1.82, 2.24) is 4.90 Å². The predicted octanol–water partition coefficient (Wildman–Crippen LogP) is -0.441. The average molecular weight is 219 g/mol. The Kier molecular flexibility index (Phi) is 3.41. The van der Waals surface area contributed by atoms with Gasteiger partial charge in [-0.25, -0.2) is 0 Å². The monoisotopic (exact) mass is 219 g/mol. The third kappa shape index (κ3) is 2.73. The van der Waals surface area contributed by atoms with Gasteiger partial charge in [-0.05, 0) is 12.1 Å². The van der Waals surface area contributed by atoms with Crippen LogP contribution in [0.4, 0.5) is 5.69 Å². The van der Waals surface area contributed by atoms with Gasteiger partial charge in [-0.1, -0.05) is 18.2 Å². The van der Waals surface area contributed by atoms with E-state index >= 15 is 0 Å². The number of nitrogens with zero attached hydrogens (tertiary/aromatic N) is 2. The number of hydrogen-bond acceptors (Lipinski definition) is 4. The summed E-state index contributed by atoms with van der Waals surface area (Å²) in [5.41, 5.74) is 1.20. The molecule has 0 unspecified atom stereocenters. The maximum atomic E-state index is 10.5.